The van der Waals surface area contributed by atoms with Crippen molar-refractivity contribution < 1.29 is 9.59 Å². The number of hydrogen-bond donors (Lipinski definition) is 2. The zero-order valence-electron chi connectivity index (χ0n) is 15.4. The van der Waals surface area contributed by atoms with Gasteiger partial charge in [0.05, 0.1) is 6.04 Å². The second-order valence-corrected chi connectivity index (χ2v) is 6.01. The molecule has 26 heavy (non-hydrogen) atoms. The van der Waals surface area contributed by atoms with Crippen LogP contribution in [0.3, 0.4) is 0 Å². The summed E-state index contributed by atoms with van der Waals surface area (Å²) >= 11 is 0. The summed E-state index contributed by atoms with van der Waals surface area (Å²) in [5.41, 5.74) is 1.87. The van der Waals surface area contributed by atoms with Crippen LogP contribution in [0.2, 0.25) is 0 Å². The quantitative estimate of drug-likeness (QED) is 0.716. The maximum Gasteiger partial charge on any atom is 0.310 e. The van der Waals surface area contributed by atoms with Crippen LogP contribution >= 0.6 is 0 Å². The van der Waals surface area contributed by atoms with Crippen molar-refractivity contribution in [1.29, 1.82) is 0 Å². The molecule has 0 spiro atoms. The minimum Gasteiger partial charge on any atom is -0.347 e. The first kappa shape index (κ1) is 19.7. The highest BCUT2D eigenvalue weighted by molar-refractivity contribution is 6.35. The van der Waals surface area contributed by atoms with Crippen LogP contribution in [0.4, 0.5) is 0 Å². The van der Waals surface area contributed by atoms with Gasteiger partial charge in [0, 0.05) is 13.1 Å². The van der Waals surface area contributed by atoms with E-state index in [0.717, 1.165) is 30.8 Å². The van der Waals surface area contributed by atoms with Crippen molar-refractivity contribution in [3.05, 3.63) is 71.8 Å². The number of hydrogen-bond acceptors (Lipinski definition) is 3. The van der Waals surface area contributed by atoms with Crippen molar-refractivity contribution in [3.63, 3.8) is 0 Å². The molecule has 2 aromatic carbocycles. The molecule has 0 radical (unpaired) electrons. The largest absolute Gasteiger partial charge is 0.347 e. The molecule has 0 fully saturated rings. The third kappa shape index (κ3) is 5.70. The Balaban J connectivity index is 2.01. The van der Waals surface area contributed by atoms with Crippen molar-refractivity contribution in [2.24, 2.45) is 0 Å². The van der Waals surface area contributed by atoms with Crippen molar-refractivity contribution in [1.82, 2.24) is 15.5 Å². The lowest BCUT2D eigenvalue weighted by molar-refractivity contribution is -0.139. The van der Waals surface area contributed by atoms with E-state index < -0.39 is 11.8 Å². The number of amides is 2. The number of carbonyl (C=O) groups excluding carboxylic acids is 2. The van der Waals surface area contributed by atoms with E-state index in [1.165, 1.54) is 0 Å². The molecule has 0 aliphatic carbocycles. The van der Waals surface area contributed by atoms with Gasteiger partial charge in [0.1, 0.15) is 0 Å². The summed E-state index contributed by atoms with van der Waals surface area (Å²) in [5.74, 6) is -1.23. The Kier molecular flexibility index (Phi) is 7.83. The summed E-state index contributed by atoms with van der Waals surface area (Å²) in [6.45, 7) is 7.16. The molecule has 0 aliphatic rings. The molecule has 0 bridgehead atoms. The zero-order chi connectivity index (χ0) is 18.8. The van der Waals surface area contributed by atoms with E-state index in [4.69, 9.17) is 0 Å². The van der Waals surface area contributed by atoms with Gasteiger partial charge in [0.25, 0.3) is 0 Å². The molecule has 2 N–H and O–H groups in total. The number of nitrogens with one attached hydrogen (secondary N) is 2. The average Bonchev–Trinajstić information content (AvgIpc) is 2.70. The van der Waals surface area contributed by atoms with Crippen LogP contribution in [-0.4, -0.2) is 42.9 Å². The second-order valence-electron chi connectivity index (χ2n) is 6.01. The Hall–Kier alpha value is -2.66. The predicted molar refractivity (Wildman–Crippen MR) is 104 cm³/mol. The van der Waals surface area contributed by atoms with Crippen LogP contribution in [0.15, 0.2) is 60.7 Å². The first-order valence-corrected chi connectivity index (χ1v) is 9.06. The lowest BCUT2D eigenvalue weighted by Gasteiger charge is -2.20. The second kappa shape index (κ2) is 10.4. The van der Waals surface area contributed by atoms with Crippen LogP contribution in [-0.2, 0) is 9.59 Å². The molecule has 0 atom stereocenters. The normalized spacial score (nSPS) is 10.8. The summed E-state index contributed by atoms with van der Waals surface area (Å²) in [7, 11) is 0. The molecular weight excluding hydrogens is 326 g/mol. The van der Waals surface area contributed by atoms with Gasteiger partial charge in [-0.05, 0) is 24.2 Å². The smallest absolute Gasteiger partial charge is 0.310 e. The van der Waals surface area contributed by atoms with E-state index >= 15 is 0 Å². The average molecular weight is 353 g/mol. The van der Waals surface area contributed by atoms with Crippen LogP contribution < -0.4 is 10.6 Å². The van der Waals surface area contributed by atoms with Gasteiger partial charge in [0.2, 0.25) is 0 Å². The monoisotopic (exact) mass is 353 g/mol. The van der Waals surface area contributed by atoms with Gasteiger partial charge in [-0.25, -0.2) is 0 Å². The number of benzene rings is 2. The molecule has 0 aliphatic heterocycles. The Morgan fingerprint density at radius 3 is 1.81 bits per heavy atom. The van der Waals surface area contributed by atoms with Gasteiger partial charge >= 0.3 is 11.8 Å². The summed E-state index contributed by atoms with van der Waals surface area (Å²) in [5, 5.41) is 5.55. The van der Waals surface area contributed by atoms with Crippen LogP contribution in [0.5, 0.6) is 0 Å². The number of likely N-dealkylation sites (N-methyl/N-ethyl adjacent to an activating group) is 1. The molecular formula is C21H27N3O2. The summed E-state index contributed by atoms with van der Waals surface area (Å²) in [6, 6.07) is 18.9. The molecule has 138 valence electrons. The van der Waals surface area contributed by atoms with Crippen LogP contribution in [0, 0.1) is 0 Å². The SMILES string of the molecule is CCN(CC)CCNC(=O)C(=O)NC(c1ccccc1)c1ccccc1. The fourth-order valence-electron chi connectivity index (χ4n) is 2.79. The van der Waals surface area contributed by atoms with Gasteiger partial charge in [-0.2, -0.15) is 0 Å². The maximum absolute atomic E-state index is 12.4. The predicted octanol–water partition coefficient (Wildman–Crippen LogP) is 2.35. The van der Waals surface area contributed by atoms with Crippen molar-refractivity contribution in [2.75, 3.05) is 26.2 Å². The Morgan fingerprint density at radius 1 is 0.846 bits per heavy atom. The van der Waals surface area contributed by atoms with E-state index in [1.54, 1.807) is 0 Å². The van der Waals surface area contributed by atoms with Gasteiger partial charge in [0.15, 0.2) is 0 Å². The molecule has 0 heterocycles. The topological polar surface area (TPSA) is 61.4 Å². The third-order valence-electron chi connectivity index (χ3n) is 4.36. The van der Waals surface area contributed by atoms with Crippen LogP contribution in [0.1, 0.15) is 31.0 Å². The number of rotatable bonds is 8. The Morgan fingerprint density at radius 2 is 1.35 bits per heavy atom. The summed E-state index contributed by atoms with van der Waals surface area (Å²) in [4.78, 5) is 26.7. The molecule has 0 saturated carbocycles. The minimum absolute atomic E-state index is 0.363. The third-order valence-corrected chi connectivity index (χ3v) is 4.36. The number of nitrogens with zero attached hydrogens (tertiary/aromatic N) is 1. The van der Waals surface area contributed by atoms with E-state index in [-0.39, 0.29) is 6.04 Å². The van der Waals surface area contributed by atoms with Crippen molar-refractivity contribution in [3.8, 4) is 0 Å². The van der Waals surface area contributed by atoms with Gasteiger partial charge in [-0.15, -0.1) is 0 Å². The van der Waals surface area contributed by atoms with Gasteiger partial charge in [-0.1, -0.05) is 74.5 Å². The Labute approximate surface area is 155 Å². The minimum atomic E-state index is -0.623. The van der Waals surface area contributed by atoms with Crippen molar-refractivity contribution >= 4 is 11.8 Å². The van der Waals surface area contributed by atoms with Crippen LogP contribution in [0.25, 0.3) is 0 Å². The molecule has 2 aromatic rings. The highest BCUT2D eigenvalue weighted by Crippen LogP contribution is 2.21. The lowest BCUT2D eigenvalue weighted by atomic mass is 9.99. The lowest BCUT2D eigenvalue weighted by Crippen LogP contribution is -2.44. The maximum atomic E-state index is 12.4. The molecule has 5 nitrogen and oxygen atoms in total. The molecule has 0 saturated heterocycles. The van der Waals surface area contributed by atoms with Gasteiger partial charge < -0.3 is 15.5 Å². The summed E-state index contributed by atoms with van der Waals surface area (Å²) < 4.78 is 0. The molecule has 2 amide bonds. The Bertz CT molecular complexity index is 645. The first-order valence-electron chi connectivity index (χ1n) is 9.06. The van der Waals surface area contributed by atoms with E-state index in [1.807, 2.05) is 60.7 Å². The van der Waals surface area contributed by atoms with Gasteiger partial charge in [-0.3, -0.25) is 9.59 Å². The molecule has 0 aromatic heterocycles. The highest BCUT2D eigenvalue weighted by atomic mass is 16.2. The van der Waals surface area contributed by atoms with E-state index in [0.29, 0.717) is 6.54 Å². The molecule has 5 heteroatoms. The number of carbonyl (C=O) groups is 2. The highest BCUT2D eigenvalue weighted by Gasteiger charge is 2.21. The molecule has 0 unspecified atom stereocenters. The summed E-state index contributed by atoms with van der Waals surface area (Å²) in [6.07, 6.45) is 0. The van der Waals surface area contributed by atoms with E-state index in [2.05, 4.69) is 29.4 Å². The first-order chi connectivity index (χ1) is 12.7. The fourth-order valence-corrected chi connectivity index (χ4v) is 2.79. The fraction of sp³-hybridized carbons (Fsp3) is 0.333. The molecule has 2 rings (SSSR count). The standard InChI is InChI=1S/C21H27N3O2/c1-3-24(4-2)16-15-22-20(25)21(26)23-19(17-11-7-5-8-12-17)18-13-9-6-10-14-18/h5-14,19H,3-4,15-16H2,1-2H3,(H,22,25)(H,23,26). The zero-order valence-corrected chi connectivity index (χ0v) is 15.4. The van der Waals surface area contributed by atoms with E-state index in [9.17, 15) is 9.59 Å². The van der Waals surface area contributed by atoms with Crippen molar-refractivity contribution in [2.45, 2.75) is 19.9 Å².